The third kappa shape index (κ3) is 43.6. The zero-order valence-electron chi connectivity index (χ0n) is 36.8. The van der Waals surface area contributed by atoms with Crippen LogP contribution in [0.3, 0.4) is 0 Å². The van der Waals surface area contributed by atoms with Gasteiger partial charge in [-0.05, 0) is 12.8 Å². The number of rotatable bonds is 46. The van der Waals surface area contributed by atoms with E-state index >= 15 is 0 Å². The van der Waals surface area contributed by atoms with E-state index in [2.05, 4.69) is 13.8 Å². The molecule has 0 saturated heterocycles. The van der Waals surface area contributed by atoms with Crippen molar-refractivity contribution in [3.63, 3.8) is 0 Å². The number of ether oxygens (including phenoxy) is 2. The Morgan fingerprint density at radius 1 is 0.352 bits per heavy atom. The molecule has 1 N–H and O–H groups in total. The van der Waals surface area contributed by atoms with Crippen LogP contribution in [-0.4, -0.2) is 36.4 Å². The molecule has 0 fully saturated rings. The minimum absolute atomic E-state index is 0.0560. The third-order valence-corrected chi connectivity index (χ3v) is 11.4. The molecular weight excluding hydrogens is 669 g/mol. The highest BCUT2D eigenvalue weighted by Gasteiger charge is 2.16. The number of hydrogen-bond donors (Lipinski definition) is 1. The van der Waals surface area contributed by atoms with E-state index in [9.17, 15) is 14.7 Å². The number of unbranched alkanes of at least 4 members (excludes halogenated alkanes) is 38. The zero-order chi connectivity index (χ0) is 39.3. The molecule has 0 rings (SSSR count). The molecule has 0 spiro atoms. The molecule has 322 valence electrons. The average molecular weight is 765 g/mol. The fraction of sp³-hybridized carbons (Fsp3) is 0.959. The van der Waals surface area contributed by atoms with Gasteiger partial charge in [-0.3, -0.25) is 9.59 Å². The predicted octanol–water partition coefficient (Wildman–Crippen LogP) is 15.9. The van der Waals surface area contributed by atoms with Crippen LogP contribution in [0.1, 0.15) is 284 Å². The van der Waals surface area contributed by atoms with Gasteiger partial charge < -0.3 is 14.6 Å². The van der Waals surface area contributed by atoms with Crippen LogP contribution in [0.5, 0.6) is 0 Å². The van der Waals surface area contributed by atoms with E-state index in [1.165, 1.54) is 225 Å². The second-order valence-corrected chi connectivity index (χ2v) is 16.9. The van der Waals surface area contributed by atoms with E-state index in [1.807, 2.05) is 0 Å². The monoisotopic (exact) mass is 765 g/mol. The SMILES string of the molecule is CCCCCCCCCCCCCCCCCCCCCCC(=O)OCC(CO)OC(=O)CCCCCCCCCCCCCCCCCCCCCC. The molecule has 0 bridgehead atoms. The molecule has 0 aliphatic rings. The normalized spacial score (nSPS) is 12.0. The Labute approximate surface area is 338 Å². The van der Waals surface area contributed by atoms with E-state index in [1.54, 1.807) is 0 Å². The van der Waals surface area contributed by atoms with Crippen molar-refractivity contribution in [3.8, 4) is 0 Å². The number of carbonyl (C=O) groups is 2. The Bertz CT molecular complexity index is 740. The smallest absolute Gasteiger partial charge is 0.306 e. The van der Waals surface area contributed by atoms with Gasteiger partial charge in [-0.25, -0.2) is 0 Å². The summed E-state index contributed by atoms with van der Waals surface area (Å²) in [6.45, 7) is 4.20. The van der Waals surface area contributed by atoms with Gasteiger partial charge in [0.15, 0.2) is 6.10 Å². The summed E-state index contributed by atoms with van der Waals surface area (Å²) in [4.78, 5) is 24.4. The quantitative estimate of drug-likeness (QED) is 0.0494. The van der Waals surface area contributed by atoms with Crippen molar-refractivity contribution < 1.29 is 24.2 Å². The second-order valence-electron chi connectivity index (χ2n) is 16.9. The predicted molar refractivity (Wildman–Crippen MR) is 233 cm³/mol. The largest absolute Gasteiger partial charge is 0.462 e. The van der Waals surface area contributed by atoms with Crippen LogP contribution in [0.15, 0.2) is 0 Å². The van der Waals surface area contributed by atoms with Crippen molar-refractivity contribution in [3.05, 3.63) is 0 Å². The molecule has 0 radical (unpaired) electrons. The maximum absolute atomic E-state index is 12.2. The fourth-order valence-electron chi connectivity index (χ4n) is 7.68. The molecule has 0 heterocycles. The van der Waals surface area contributed by atoms with E-state index < -0.39 is 6.10 Å². The molecule has 0 aromatic heterocycles. The van der Waals surface area contributed by atoms with Crippen LogP contribution >= 0.6 is 0 Å². The van der Waals surface area contributed by atoms with E-state index in [4.69, 9.17) is 9.47 Å². The van der Waals surface area contributed by atoms with Crippen molar-refractivity contribution in [2.24, 2.45) is 0 Å². The van der Waals surface area contributed by atoms with E-state index in [0.717, 1.165) is 32.1 Å². The minimum atomic E-state index is -0.763. The van der Waals surface area contributed by atoms with Gasteiger partial charge >= 0.3 is 11.9 Å². The van der Waals surface area contributed by atoms with Gasteiger partial charge in [-0.2, -0.15) is 0 Å². The lowest BCUT2D eigenvalue weighted by atomic mass is 10.0. The minimum Gasteiger partial charge on any atom is -0.462 e. The summed E-state index contributed by atoms with van der Waals surface area (Å²) in [5.74, 6) is -0.567. The van der Waals surface area contributed by atoms with Crippen LogP contribution in [0.25, 0.3) is 0 Å². The zero-order valence-corrected chi connectivity index (χ0v) is 36.8. The van der Waals surface area contributed by atoms with Gasteiger partial charge in [0.25, 0.3) is 0 Å². The molecule has 1 atom stereocenters. The summed E-state index contributed by atoms with van der Waals surface area (Å²) in [5, 5.41) is 9.61. The number of aliphatic hydroxyl groups is 1. The maximum Gasteiger partial charge on any atom is 0.306 e. The first kappa shape index (κ1) is 52.9. The lowest BCUT2D eigenvalue weighted by Crippen LogP contribution is -2.28. The second kappa shape index (κ2) is 46.3. The highest BCUT2D eigenvalue weighted by molar-refractivity contribution is 5.70. The van der Waals surface area contributed by atoms with E-state index in [-0.39, 0.29) is 25.2 Å². The molecule has 54 heavy (non-hydrogen) atoms. The van der Waals surface area contributed by atoms with Crippen LogP contribution in [0, 0.1) is 0 Å². The first-order valence-electron chi connectivity index (χ1n) is 24.6. The molecule has 0 aliphatic heterocycles. The van der Waals surface area contributed by atoms with Crippen LogP contribution in [0.2, 0.25) is 0 Å². The Kier molecular flexibility index (Phi) is 45.3. The molecule has 0 aromatic rings. The number of aliphatic hydroxyl groups excluding tert-OH is 1. The van der Waals surface area contributed by atoms with Gasteiger partial charge in [0.1, 0.15) is 6.61 Å². The van der Waals surface area contributed by atoms with Gasteiger partial charge in [0.05, 0.1) is 6.61 Å². The summed E-state index contributed by atoms with van der Waals surface area (Å²) in [6.07, 6.45) is 53.3. The van der Waals surface area contributed by atoms with Crippen LogP contribution in [-0.2, 0) is 19.1 Å². The Hall–Kier alpha value is -1.10. The van der Waals surface area contributed by atoms with Crippen LogP contribution < -0.4 is 0 Å². The summed E-state index contributed by atoms with van der Waals surface area (Å²) in [5.41, 5.74) is 0. The summed E-state index contributed by atoms with van der Waals surface area (Å²) < 4.78 is 10.7. The molecule has 0 saturated carbocycles. The molecule has 0 amide bonds. The lowest BCUT2D eigenvalue weighted by Gasteiger charge is -2.15. The first-order valence-corrected chi connectivity index (χ1v) is 24.6. The maximum atomic E-state index is 12.2. The van der Waals surface area contributed by atoms with Gasteiger partial charge in [0, 0.05) is 12.8 Å². The van der Waals surface area contributed by atoms with Gasteiger partial charge in [0.2, 0.25) is 0 Å². The molecule has 0 aliphatic carbocycles. The third-order valence-electron chi connectivity index (χ3n) is 11.4. The highest BCUT2D eigenvalue weighted by Crippen LogP contribution is 2.17. The Morgan fingerprint density at radius 2 is 0.574 bits per heavy atom. The first-order chi connectivity index (χ1) is 26.6. The summed E-state index contributed by atoms with van der Waals surface area (Å²) in [6, 6.07) is 0. The number of carbonyl (C=O) groups excluding carboxylic acids is 2. The van der Waals surface area contributed by atoms with Crippen molar-refractivity contribution in [1.29, 1.82) is 0 Å². The molecule has 1 unspecified atom stereocenters. The fourth-order valence-corrected chi connectivity index (χ4v) is 7.68. The van der Waals surface area contributed by atoms with Gasteiger partial charge in [-0.1, -0.05) is 258 Å². The average Bonchev–Trinajstić information content (AvgIpc) is 3.17. The molecule has 5 nitrogen and oxygen atoms in total. The highest BCUT2D eigenvalue weighted by atomic mass is 16.6. The van der Waals surface area contributed by atoms with Crippen molar-refractivity contribution in [2.45, 2.75) is 290 Å². The summed E-state index contributed by atoms with van der Waals surface area (Å²) >= 11 is 0. The Balaban J connectivity index is 3.43. The number of hydrogen-bond acceptors (Lipinski definition) is 5. The number of esters is 2. The lowest BCUT2D eigenvalue weighted by molar-refractivity contribution is -0.161. The van der Waals surface area contributed by atoms with Crippen LogP contribution in [0.4, 0.5) is 0 Å². The van der Waals surface area contributed by atoms with Crippen molar-refractivity contribution in [2.75, 3.05) is 13.2 Å². The Morgan fingerprint density at radius 3 is 0.815 bits per heavy atom. The van der Waals surface area contributed by atoms with Crippen molar-refractivity contribution in [1.82, 2.24) is 0 Å². The molecule has 5 heteroatoms. The standard InChI is InChI=1S/C49H96O5/c1-3-5-7-9-11-13-15-17-19-21-23-25-27-29-31-33-35-37-39-41-43-48(51)53-46-47(45-50)54-49(52)44-42-40-38-36-34-32-30-28-26-24-22-20-18-16-14-12-10-8-6-4-2/h47,50H,3-46H2,1-2H3. The summed E-state index contributed by atoms with van der Waals surface area (Å²) in [7, 11) is 0. The van der Waals surface area contributed by atoms with E-state index in [0.29, 0.717) is 12.8 Å². The van der Waals surface area contributed by atoms with Crippen molar-refractivity contribution >= 4 is 11.9 Å². The van der Waals surface area contributed by atoms with Gasteiger partial charge in [-0.15, -0.1) is 0 Å². The molecular formula is C49H96O5. The molecule has 0 aromatic carbocycles. The topological polar surface area (TPSA) is 72.8 Å².